The minimum absolute atomic E-state index is 0.0171. The van der Waals surface area contributed by atoms with Crippen molar-refractivity contribution in [2.75, 3.05) is 32.9 Å². The number of nitrogens with one attached hydrogen (secondary N) is 1. The van der Waals surface area contributed by atoms with Crippen LogP contribution in [-0.4, -0.2) is 59.3 Å². The van der Waals surface area contributed by atoms with E-state index >= 15 is 13.2 Å². The molecule has 1 saturated heterocycles. The number of nitrogens with zero attached hydrogens (tertiary/aromatic N) is 2. The molecule has 0 radical (unpaired) electrons. The first-order valence-electron chi connectivity index (χ1n) is 13.0. The summed E-state index contributed by atoms with van der Waals surface area (Å²) in [4.78, 5) is 7.09. The molecule has 1 N–H and O–H groups in total. The number of benzene rings is 2. The lowest BCUT2D eigenvalue weighted by atomic mass is 9.85. The molecule has 0 saturated carbocycles. The molecule has 200 valence electrons. The number of aromatic amines is 1. The molecular formula is C29H34F5N3. The van der Waals surface area contributed by atoms with Crippen LogP contribution in [-0.2, 0) is 6.42 Å². The fourth-order valence-corrected chi connectivity index (χ4v) is 6.06. The summed E-state index contributed by atoms with van der Waals surface area (Å²) in [5, 5.41) is 0.983. The third kappa shape index (κ3) is 5.02. The first kappa shape index (κ1) is 26.2. The van der Waals surface area contributed by atoms with Crippen molar-refractivity contribution >= 4 is 10.9 Å². The molecule has 2 aliphatic heterocycles. The van der Waals surface area contributed by atoms with Gasteiger partial charge in [0.2, 0.25) is 0 Å². The number of hydrogen-bond donors (Lipinski definition) is 1. The molecule has 1 fully saturated rings. The molecule has 0 unspecified atom stereocenters. The second-order valence-electron chi connectivity index (χ2n) is 11.3. The number of halogens is 5. The van der Waals surface area contributed by atoms with Gasteiger partial charge in [0, 0.05) is 60.3 Å². The van der Waals surface area contributed by atoms with Crippen molar-refractivity contribution in [1.82, 2.24) is 14.8 Å². The summed E-state index contributed by atoms with van der Waals surface area (Å²) in [6.45, 7) is 5.83. The first-order valence-corrected chi connectivity index (χ1v) is 13.0. The number of alkyl halides is 3. The van der Waals surface area contributed by atoms with Gasteiger partial charge in [0.1, 0.15) is 23.5 Å². The van der Waals surface area contributed by atoms with Crippen LogP contribution in [0.15, 0.2) is 36.4 Å². The normalized spacial score (nSPS) is 22.3. The number of hydrogen-bond acceptors (Lipinski definition) is 2. The van der Waals surface area contributed by atoms with Crippen LogP contribution in [0.2, 0.25) is 0 Å². The standard InChI is InChI=1S/C29H34F5N3/c1-17-11-21-20-7-4-5-8-24(20)35-27(21)28(37(17)16-29(2,3)34)25-22(31)12-18(13-23(25)32)26(33)19-14-36(15-19)10-6-9-30/h4-5,7-8,12-13,17,19,26,28,35H,6,9-11,14-16H2,1-3H3/t17-,26-,28-/m1/s1. The molecule has 3 atom stereocenters. The third-order valence-corrected chi connectivity index (χ3v) is 7.78. The number of H-pyrrole nitrogens is 1. The Hall–Kier alpha value is -2.45. The van der Waals surface area contributed by atoms with Crippen molar-refractivity contribution in [3.8, 4) is 0 Å². The van der Waals surface area contributed by atoms with Crippen LogP contribution in [0, 0.1) is 17.6 Å². The van der Waals surface area contributed by atoms with E-state index in [-0.39, 0.29) is 29.6 Å². The highest BCUT2D eigenvalue weighted by Crippen LogP contribution is 2.44. The fourth-order valence-electron chi connectivity index (χ4n) is 6.06. The van der Waals surface area contributed by atoms with Gasteiger partial charge in [-0.05, 0) is 62.9 Å². The van der Waals surface area contributed by atoms with Crippen LogP contribution in [0.4, 0.5) is 22.0 Å². The Balaban J connectivity index is 1.52. The summed E-state index contributed by atoms with van der Waals surface area (Å²) in [6.07, 6.45) is -0.515. The van der Waals surface area contributed by atoms with E-state index in [0.29, 0.717) is 38.2 Å². The van der Waals surface area contributed by atoms with Crippen molar-refractivity contribution in [2.45, 2.75) is 57.5 Å². The van der Waals surface area contributed by atoms with E-state index in [1.807, 2.05) is 36.1 Å². The molecule has 5 rings (SSSR count). The molecule has 0 bridgehead atoms. The van der Waals surface area contributed by atoms with Gasteiger partial charge in [-0.25, -0.2) is 17.6 Å². The van der Waals surface area contributed by atoms with Gasteiger partial charge in [-0.1, -0.05) is 18.2 Å². The van der Waals surface area contributed by atoms with Gasteiger partial charge in [0.15, 0.2) is 0 Å². The molecule has 3 heterocycles. The SMILES string of the molecule is C[C@@H]1Cc2c([nH]c3ccccc23)[C@@H](c2c(F)cc([C@@H](F)C3CN(CCCF)C3)cc2F)N1CC(C)(C)F. The lowest BCUT2D eigenvalue weighted by Crippen LogP contribution is -2.49. The average Bonchev–Trinajstić information content (AvgIpc) is 3.16. The number of aromatic nitrogens is 1. The molecule has 3 nitrogen and oxygen atoms in total. The minimum Gasteiger partial charge on any atom is -0.357 e. The van der Waals surface area contributed by atoms with Crippen molar-refractivity contribution in [3.63, 3.8) is 0 Å². The van der Waals surface area contributed by atoms with E-state index < -0.39 is 36.2 Å². The van der Waals surface area contributed by atoms with Gasteiger partial charge in [0.25, 0.3) is 0 Å². The lowest BCUT2D eigenvalue weighted by Gasteiger charge is -2.43. The van der Waals surface area contributed by atoms with Crippen LogP contribution in [0.1, 0.15) is 61.8 Å². The third-order valence-electron chi connectivity index (χ3n) is 7.78. The number of para-hydroxylation sites is 1. The zero-order valence-electron chi connectivity index (χ0n) is 21.5. The quantitative estimate of drug-likeness (QED) is 0.330. The van der Waals surface area contributed by atoms with E-state index in [4.69, 9.17) is 0 Å². The molecule has 2 aliphatic rings. The molecule has 0 aliphatic carbocycles. The zero-order chi connectivity index (χ0) is 26.5. The topological polar surface area (TPSA) is 22.3 Å². The van der Waals surface area contributed by atoms with E-state index in [1.54, 1.807) is 4.90 Å². The van der Waals surface area contributed by atoms with E-state index in [0.717, 1.165) is 28.6 Å². The van der Waals surface area contributed by atoms with Gasteiger partial charge >= 0.3 is 0 Å². The van der Waals surface area contributed by atoms with Gasteiger partial charge in [-0.3, -0.25) is 9.29 Å². The number of fused-ring (bicyclic) bond motifs is 3. The Bertz CT molecular complexity index is 1240. The van der Waals surface area contributed by atoms with Crippen LogP contribution in [0.3, 0.4) is 0 Å². The summed E-state index contributed by atoms with van der Waals surface area (Å²) in [6, 6.07) is 8.82. The largest absolute Gasteiger partial charge is 0.357 e. The second-order valence-corrected chi connectivity index (χ2v) is 11.3. The Morgan fingerprint density at radius 3 is 2.43 bits per heavy atom. The molecule has 37 heavy (non-hydrogen) atoms. The van der Waals surface area contributed by atoms with Gasteiger partial charge in [-0.2, -0.15) is 0 Å². The van der Waals surface area contributed by atoms with Crippen molar-refractivity contribution in [2.24, 2.45) is 5.92 Å². The van der Waals surface area contributed by atoms with Crippen molar-refractivity contribution in [1.29, 1.82) is 0 Å². The van der Waals surface area contributed by atoms with Gasteiger partial charge in [-0.15, -0.1) is 0 Å². The van der Waals surface area contributed by atoms with Crippen LogP contribution in [0.25, 0.3) is 10.9 Å². The maximum absolute atomic E-state index is 15.8. The smallest absolute Gasteiger partial charge is 0.131 e. The Kier molecular flexibility index (Phi) is 7.09. The zero-order valence-corrected chi connectivity index (χ0v) is 21.5. The molecule has 2 aromatic carbocycles. The number of likely N-dealkylation sites (tertiary alicyclic amines) is 1. The lowest BCUT2D eigenvalue weighted by molar-refractivity contribution is 0.0360. The summed E-state index contributed by atoms with van der Waals surface area (Å²) in [5.74, 6) is -2.06. The molecule has 8 heteroatoms. The van der Waals surface area contributed by atoms with Crippen LogP contribution in [0.5, 0.6) is 0 Å². The Morgan fingerprint density at radius 2 is 1.78 bits per heavy atom. The molecule has 1 aromatic heterocycles. The highest BCUT2D eigenvalue weighted by molar-refractivity contribution is 5.85. The van der Waals surface area contributed by atoms with Gasteiger partial charge < -0.3 is 9.88 Å². The fraction of sp³-hybridized carbons (Fsp3) is 0.517. The van der Waals surface area contributed by atoms with Gasteiger partial charge in [0.05, 0.1) is 12.7 Å². The molecule has 3 aromatic rings. The summed E-state index contributed by atoms with van der Waals surface area (Å²) >= 11 is 0. The van der Waals surface area contributed by atoms with Crippen molar-refractivity contribution < 1.29 is 22.0 Å². The molecule has 0 spiro atoms. The van der Waals surface area contributed by atoms with E-state index in [2.05, 4.69) is 4.98 Å². The first-order chi connectivity index (χ1) is 17.6. The predicted octanol–water partition coefficient (Wildman–Crippen LogP) is 6.83. The van der Waals surface area contributed by atoms with Crippen molar-refractivity contribution in [3.05, 3.63) is 70.4 Å². The molecular weight excluding hydrogens is 485 g/mol. The summed E-state index contributed by atoms with van der Waals surface area (Å²) in [7, 11) is 0. The summed E-state index contributed by atoms with van der Waals surface area (Å²) < 4.78 is 74.1. The van der Waals surface area contributed by atoms with Crippen LogP contribution >= 0.6 is 0 Å². The predicted molar refractivity (Wildman–Crippen MR) is 136 cm³/mol. The number of rotatable bonds is 8. The van der Waals surface area contributed by atoms with E-state index in [1.165, 1.54) is 13.8 Å². The van der Waals surface area contributed by atoms with E-state index in [9.17, 15) is 8.78 Å². The highest BCUT2D eigenvalue weighted by atomic mass is 19.2. The Labute approximate surface area is 214 Å². The maximum Gasteiger partial charge on any atom is 0.131 e. The Morgan fingerprint density at radius 1 is 1.11 bits per heavy atom. The highest BCUT2D eigenvalue weighted by Gasteiger charge is 2.42. The second kappa shape index (κ2) is 10.0. The monoisotopic (exact) mass is 519 g/mol. The average molecular weight is 520 g/mol. The summed E-state index contributed by atoms with van der Waals surface area (Å²) in [5.41, 5.74) is 0.647. The van der Waals surface area contributed by atoms with Crippen LogP contribution < -0.4 is 0 Å². The maximum atomic E-state index is 15.8. The molecule has 0 amide bonds. The minimum atomic E-state index is -1.59.